The van der Waals surface area contributed by atoms with Gasteiger partial charge in [-0.05, 0) is 76.0 Å². The van der Waals surface area contributed by atoms with Crippen molar-refractivity contribution in [3.8, 4) is 5.75 Å². The normalized spacial score (nSPS) is 12.4. The van der Waals surface area contributed by atoms with Crippen LogP contribution in [0.4, 0.5) is 5.69 Å². The molecule has 2 aromatic carbocycles. The summed E-state index contributed by atoms with van der Waals surface area (Å²) in [6, 6.07) is 15.5. The molecule has 0 spiro atoms. The molecule has 3 rings (SSSR count). The van der Waals surface area contributed by atoms with Crippen LogP contribution in [0, 0.1) is 13.8 Å². The molecule has 0 aliphatic heterocycles. The van der Waals surface area contributed by atoms with Crippen LogP contribution in [0.3, 0.4) is 0 Å². The average Bonchev–Trinajstić information content (AvgIpc) is 3.33. The predicted octanol–water partition coefficient (Wildman–Crippen LogP) is 3.91. The van der Waals surface area contributed by atoms with Crippen LogP contribution in [-0.2, 0) is 14.8 Å². The van der Waals surface area contributed by atoms with Crippen molar-refractivity contribution < 1.29 is 22.4 Å². The Morgan fingerprint density at radius 3 is 2.37 bits per heavy atom. The van der Waals surface area contributed by atoms with Crippen LogP contribution in [0.15, 0.2) is 70.2 Å². The number of sulfonamides is 1. The highest BCUT2D eigenvalue weighted by atomic mass is 32.2. The summed E-state index contributed by atoms with van der Waals surface area (Å²) in [4.78, 5) is 14.9. The van der Waals surface area contributed by atoms with Gasteiger partial charge in [-0.1, -0.05) is 17.7 Å². The summed E-state index contributed by atoms with van der Waals surface area (Å²) in [6.45, 7) is 4.01. The molecule has 188 valence electrons. The molecule has 8 nitrogen and oxygen atoms in total. The van der Waals surface area contributed by atoms with E-state index in [1.807, 2.05) is 38.1 Å². The lowest BCUT2D eigenvalue weighted by atomic mass is 10.2. The molecule has 0 saturated carbocycles. The van der Waals surface area contributed by atoms with Gasteiger partial charge in [-0.15, -0.1) is 0 Å². The van der Waals surface area contributed by atoms with Crippen LogP contribution < -0.4 is 14.4 Å². The minimum absolute atomic E-state index is 0.00548. The van der Waals surface area contributed by atoms with Gasteiger partial charge >= 0.3 is 0 Å². The number of hydrogen-bond donors (Lipinski definition) is 1. The van der Waals surface area contributed by atoms with Crippen LogP contribution in [0.2, 0.25) is 0 Å². The summed E-state index contributed by atoms with van der Waals surface area (Å²) in [5.41, 5.74) is 2.09. The van der Waals surface area contributed by atoms with Crippen LogP contribution in [0.5, 0.6) is 5.75 Å². The van der Waals surface area contributed by atoms with Crippen molar-refractivity contribution in [2.75, 3.05) is 38.6 Å². The molecular formula is C26H33N3O5S. The summed E-state index contributed by atoms with van der Waals surface area (Å²) in [5, 5.41) is 2.91. The molecule has 0 saturated heterocycles. The number of furan rings is 1. The molecule has 1 N–H and O–H groups in total. The van der Waals surface area contributed by atoms with E-state index in [9.17, 15) is 13.2 Å². The third-order valence-corrected chi connectivity index (χ3v) is 7.78. The summed E-state index contributed by atoms with van der Waals surface area (Å²) < 4.78 is 39.3. The van der Waals surface area contributed by atoms with Crippen molar-refractivity contribution in [1.82, 2.24) is 10.2 Å². The van der Waals surface area contributed by atoms with Crippen molar-refractivity contribution in [3.05, 3.63) is 77.7 Å². The Bertz CT molecular complexity index is 1220. The lowest BCUT2D eigenvalue weighted by Gasteiger charge is -2.26. The maximum Gasteiger partial charge on any atom is 0.264 e. The number of carbonyl (C=O) groups excluding carboxylic acids is 1. The lowest BCUT2D eigenvalue weighted by Crippen LogP contribution is -2.38. The molecule has 35 heavy (non-hydrogen) atoms. The van der Waals surface area contributed by atoms with Crippen molar-refractivity contribution in [2.24, 2.45) is 0 Å². The number of rotatable bonds is 11. The third kappa shape index (κ3) is 6.43. The van der Waals surface area contributed by atoms with E-state index in [0.29, 0.717) is 23.5 Å². The molecule has 1 amide bonds. The van der Waals surface area contributed by atoms with Crippen molar-refractivity contribution in [3.63, 3.8) is 0 Å². The highest BCUT2D eigenvalue weighted by Gasteiger charge is 2.27. The van der Waals surface area contributed by atoms with Crippen molar-refractivity contribution in [2.45, 2.75) is 31.2 Å². The van der Waals surface area contributed by atoms with Gasteiger partial charge in [0, 0.05) is 19.5 Å². The van der Waals surface area contributed by atoms with E-state index < -0.39 is 10.0 Å². The fourth-order valence-electron chi connectivity index (χ4n) is 3.86. The molecule has 1 unspecified atom stereocenters. The number of aryl methyl sites for hydroxylation is 2. The number of likely N-dealkylation sites (N-methyl/N-ethyl adjacent to an activating group) is 1. The number of methoxy groups -OCH3 is 1. The highest BCUT2D eigenvalue weighted by molar-refractivity contribution is 7.92. The number of amides is 1. The number of nitrogens with zero attached hydrogens (tertiary/aromatic N) is 2. The average molecular weight is 500 g/mol. The van der Waals surface area contributed by atoms with Gasteiger partial charge in [-0.2, -0.15) is 0 Å². The summed E-state index contributed by atoms with van der Waals surface area (Å²) in [7, 11) is 1.45. The van der Waals surface area contributed by atoms with E-state index >= 15 is 0 Å². The van der Waals surface area contributed by atoms with Crippen LogP contribution in [-0.4, -0.2) is 53.5 Å². The number of nitrogens with one attached hydrogen (secondary N) is 1. The number of benzene rings is 2. The van der Waals surface area contributed by atoms with E-state index in [4.69, 9.17) is 9.15 Å². The molecule has 9 heteroatoms. The molecule has 0 aliphatic rings. The Balaban J connectivity index is 1.80. The summed E-state index contributed by atoms with van der Waals surface area (Å²) >= 11 is 0. The Labute approximate surface area is 207 Å². The Kier molecular flexibility index (Phi) is 8.58. The standard InChI is InChI=1S/C26H33N3O5S/c1-19-8-13-25(20(2)17-19)35(31,32)29(21-9-11-22(33-5)12-10-21)15-14-26(30)27-18-23(28(3)4)24-7-6-16-34-24/h6-13,16-17,23H,14-15,18H2,1-5H3,(H,27,30). The molecule has 1 aromatic heterocycles. The molecule has 0 radical (unpaired) electrons. The second-order valence-corrected chi connectivity index (χ2v) is 10.4. The highest BCUT2D eigenvalue weighted by Crippen LogP contribution is 2.28. The molecule has 0 aliphatic carbocycles. The first-order chi connectivity index (χ1) is 16.6. The van der Waals surface area contributed by atoms with Gasteiger partial charge < -0.3 is 14.5 Å². The topological polar surface area (TPSA) is 92.1 Å². The molecule has 1 heterocycles. The number of ether oxygens (including phenoxy) is 1. The smallest absolute Gasteiger partial charge is 0.264 e. The van der Waals surface area contributed by atoms with E-state index in [-0.39, 0.29) is 29.8 Å². The molecule has 0 bridgehead atoms. The third-order valence-electron chi connectivity index (χ3n) is 5.79. The van der Waals surface area contributed by atoms with E-state index in [0.717, 1.165) is 11.3 Å². The Hall–Kier alpha value is -3.30. The summed E-state index contributed by atoms with van der Waals surface area (Å²) in [5.74, 6) is 1.10. The van der Waals surface area contributed by atoms with Crippen LogP contribution in [0.25, 0.3) is 0 Å². The Morgan fingerprint density at radius 2 is 1.80 bits per heavy atom. The Morgan fingerprint density at radius 1 is 1.09 bits per heavy atom. The largest absolute Gasteiger partial charge is 0.497 e. The fraction of sp³-hybridized carbons (Fsp3) is 0.346. The van der Waals surface area contributed by atoms with E-state index in [1.54, 1.807) is 62.8 Å². The van der Waals surface area contributed by atoms with Crippen molar-refractivity contribution in [1.29, 1.82) is 0 Å². The van der Waals surface area contributed by atoms with Gasteiger partial charge in [0.1, 0.15) is 11.5 Å². The monoisotopic (exact) mass is 499 g/mol. The first-order valence-electron chi connectivity index (χ1n) is 11.3. The quantitative estimate of drug-likeness (QED) is 0.430. The molecular weight excluding hydrogens is 466 g/mol. The van der Waals surface area contributed by atoms with Gasteiger partial charge in [-0.25, -0.2) is 8.42 Å². The maximum atomic E-state index is 13.7. The molecule has 1 atom stereocenters. The lowest BCUT2D eigenvalue weighted by molar-refractivity contribution is -0.121. The van der Waals surface area contributed by atoms with Gasteiger partial charge in [0.15, 0.2) is 0 Å². The van der Waals surface area contributed by atoms with Gasteiger partial charge in [0.05, 0.1) is 30.0 Å². The van der Waals surface area contributed by atoms with E-state index in [2.05, 4.69) is 5.32 Å². The summed E-state index contributed by atoms with van der Waals surface area (Å²) in [6.07, 6.45) is 1.59. The zero-order valence-corrected chi connectivity index (χ0v) is 21.6. The first kappa shape index (κ1) is 26.3. The molecule has 0 fully saturated rings. The second-order valence-electron chi connectivity index (χ2n) is 8.59. The predicted molar refractivity (Wildman–Crippen MR) is 136 cm³/mol. The minimum Gasteiger partial charge on any atom is -0.497 e. The fourth-order valence-corrected chi connectivity index (χ4v) is 5.54. The van der Waals surface area contributed by atoms with Gasteiger partial charge in [-0.3, -0.25) is 14.0 Å². The number of hydrogen-bond acceptors (Lipinski definition) is 6. The first-order valence-corrected chi connectivity index (χ1v) is 12.8. The van der Waals surface area contributed by atoms with Gasteiger partial charge in [0.2, 0.25) is 5.91 Å². The maximum absolute atomic E-state index is 13.7. The van der Waals surface area contributed by atoms with Gasteiger partial charge in [0.25, 0.3) is 10.0 Å². The second kappa shape index (κ2) is 11.4. The number of anilines is 1. The molecule has 3 aromatic rings. The zero-order chi connectivity index (χ0) is 25.6. The SMILES string of the molecule is COc1ccc(N(CCC(=O)NCC(c2ccco2)N(C)C)S(=O)(=O)c2ccc(C)cc2C)cc1. The van der Waals surface area contributed by atoms with Crippen LogP contribution >= 0.6 is 0 Å². The van der Waals surface area contributed by atoms with E-state index in [1.165, 1.54) is 4.31 Å². The zero-order valence-electron chi connectivity index (χ0n) is 20.8. The minimum atomic E-state index is -3.91. The van der Waals surface area contributed by atoms with Crippen molar-refractivity contribution >= 4 is 21.6 Å². The number of carbonyl (C=O) groups is 1. The van der Waals surface area contributed by atoms with Crippen LogP contribution in [0.1, 0.15) is 29.3 Å².